The van der Waals surface area contributed by atoms with Gasteiger partial charge >= 0.3 is 8.79 Å². The number of carboxylic acid groups (broad SMARTS) is 2. The lowest BCUT2D eigenvalue weighted by atomic mass is 10.1. The van der Waals surface area contributed by atoms with Gasteiger partial charge in [0.2, 0.25) is 6.33 Å². The second-order valence-corrected chi connectivity index (χ2v) is 3.29. The molecular formula is C11H6F4N2O4. The molecule has 0 aliphatic heterocycles. The molecule has 2 aromatic rings. The number of hydrogen-bond donors (Lipinski definition) is 2. The first-order valence-corrected chi connectivity index (χ1v) is 4.94. The molecule has 0 bridgehead atoms. The van der Waals surface area contributed by atoms with Crippen molar-refractivity contribution in [3.63, 3.8) is 0 Å². The molecule has 0 aliphatic carbocycles. The largest absolute Gasteiger partial charge is 0.545 e. The van der Waals surface area contributed by atoms with E-state index in [0.29, 0.717) is 0 Å². The zero-order valence-electron chi connectivity index (χ0n) is 12.8. The summed E-state index contributed by atoms with van der Waals surface area (Å²) in [5.41, 5.74) is -3.82. The molecule has 0 fully saturated rings. The van der Waals surface area contributed by atoms with Gasteiger partial charge in [0, 0.05) is 0 Å². The molecule has 3 N–H and O–H groups in total. The normalized spacial score (nSPS) is 11.5. The van der Waals surface area contributed by atoms with Gasteiger partial charge in [0.25, 0.3) is 1.43 Å². The van der Waals surface area contributed by atoms with E-state index >= 15 is 0 Å². The molecule has 1 aromatic heterocycles. The van der Waals surface area contributed by atoms with Crippen LogP contribution in [-0.2, 0) is 0 Å². The highest BCUT2D eigenvalue weighted by molar-refractivity contribution is 5.92. The van der Waals surface area contributed by atoms with Crippen molar-refractivity contribution in [1.82, 2.24) is 4.98 Å². The number of aromatic nitrogens is 2. The van der Waals surface area contributed by atoms with Gasteiger partial charge in [-0.3, -0.25) is 9.95 Å². The minimum Gasteiger partial charge on any atom is -0.545 e. The number of aromatic carboxylic acids is 2. The van der Waals surface area contributed by atoms with E-state index in [4.69, 9.17) is 4.25 Å². The number of aromatic amines is 2. The second-order valence-electron chi connectivity index (χ2n) is 3.29. The SMILES string of the molecule is [2H]OC(=O)c1c(F)c(F)c(C(=O)[O-])c(F)c1F.[2H]n1cc[n+]([2H])c1. The van der Waals surface area contributed by atoms with Gasteiger partial charge in [-0.05, 0) is 0 Å². The van der Waals surface area contributed by atoms with Crippen LogP contribution in [0.3, 0.4) is 0 Å². The summed E-state index contributed by atoms with van der Waals surface area (Å²) in [7, 11) is 0. The fourth-order valence-corrected chi connectivity index (χ4v) is 1.18. The number of nitrogens with one attached hydrogen (secondary N) is 2. The Labute approximate surface area is 118 Å². The summed E-state index contributed by atoms with van der Waals surface area (Å²) in [6, 6.07) is 0. The van der Waals surface area contributed by atoms with Gasteiger partial charge in [-0.25, -0.2) is 22.4 Å². The number of imidazole rings is 1. The Bertz CT molecular complexity index is 754. The van der Waals surface area contributed by atoms with Crippen molar-refractivity contribution in [3.8, 4) is 0 Å². The number of halogens is 4. The van der Waals surface area contributed by atoms with Gasteiger partial charge < -0.3 is 15.0 Å². The summed E-state index contributed by atoms with van der Waals surface area (Å²) in [6.45, 7) is 0. The van der Waals surface area contributed by atoms with Crippen molar-refractivity contribution in [3.05, 3.63) is 53.1 Å². The molecule has 0 radical (unpaired) electrons. The molecule has 21 heavy (non-hydrogen) atoms. The molecule has 1 aromatic carbocycles. The quantitative estimate of drug-likeness (QED) is 0.607. The lowest BCUT2D eigenvalue weighted by Crippen LogP contribution is -2.27. The summed E-state index contributed by atoms with van der Waals surface area (Å²) in [6.07, 6.45) is 4.29. The number of carbonyl (C=O) groups excluding carboxylic acids is 1. The number of H-pyrrole nitrogens is 2. The van der Waals surface area contributed by atoms with E-state index < -0.39 is 46.3 Å². The smallest absolute Gasteiger partial charge is 0.341 e. The van der Waals surface area contributed by atoms with Crippen LogP contribution in [0.5, 0.6) is 0 Å². The van der Waals surface area contributed by atoms with Crippen LogP contribution in [0.4, 0.5) is 17.6 Å². The fraction of sp³-hybridized carbons (Fsp3) is 0. The van der Waals surface area contributed by atoms with Crippen LogP contribution in [0, 0.1) is 23.3 Å². The molecule has 0 aliphatic rings. The lowest BCUT2D eigenvalue weighted by Gasteiger charge is -2.09. The minimum absolute atomic E-state index is 1.06. The van der Waals surface area contributed by atoms with E-state index in [1.54, 1.807) is 0 Å². The first-order valence-electron chi connectivity index (χ1n) is 6.24. The van der Waals surface area contributed by atoms with Gasteiger partial charge in [0.05, 0.1) is 11.5 Å². The van der Waals surface area contributed by atoms with E-state index in [9.17, 15) is 32.3 Å². The lowest BCUT2D eigenvalue weighted by molar-refractivity contribution is -0.375. The summed E-state index contributed by atoms with van der Waals surface area (Å²) >= 11 is 0. The minimum atomic E-state index is -2.50. The predicted molar refractivity (Wildman–Crippen MR) is 54.9 cm³/mol. The Morgan fingerprint density at radius 1 is 1.24 bits per heavy atom. The second kappa shape index (κ2) is 6.50. The fourth-order valence-electron chi connectivity index (χ4n) is 1.18. The summed E-state index contributed by atoms with van der Waals surface area (Å²) in [4.78, 5) is 23.0. The van der Waals surface area contributed by atoms with Crippen LogP contribution in [0.25, 0.3) is 1.43 Å². The van der Waals surface area contributed by atoms with Gasteiger partial charge in [-0.15, -0.1) is 0 Å². The third kappa shape index (κ3) is 3.35. The van der Waals surface area contributed by atoms with Gasteiger partial charge in [-0.1, -0.05) is 0 Å². The molecule has 1 heterocycles. The van der Waals surface area contributed by atoms with Crippen LogP contribution in [0.2, 0.25) is 2.82 Å². The monoisotopic (exact) mass is 309 g/mol. The van der Waals surface area contributed by atoms with Crippen molar-refractivity contribution >= 4 is 11.9 Å². The highest BCUT2D eigenvalue weighted by Gasteiger charge is 2.29. The van der Waals surface area contributed by atoms with Gasteiger partial charge in [0.1, 0.15) is 18.0 Å². The van der Waals surface area contributed by atoms with Crippen molar-refractivity contribution in [2.75, 3.05) is 0 Å². The first-order chi connectivity index (χ1) is 11.1. The molecule has 0 atom stereocenters. The third-order valence-corrected chi connectivity index (χ3v) is 2.04. The molecule has 0 unspecified atom stereocenters. The topological polar surface area (TPSA) is 107 Å². The van der Waals surface area contributed by atoms with Crippen LogP contribution >= 0.6 is 0 Å². The van der Waals surface area contributed by atoms with Crippen LogP contribution in [0.1, 0.15) is 20.7 Å². The van der Waals surface area contributed by atoms with Crippen molar-refractivity contribution < 1.29 is 45.2 Å². The summed E-state index contributed by atoms with van der Waals surface area (Å²) < 4.78 is 71.7. The van der Waals surface area contributed by atoms with Crippen LogP contribution in [0.15, 0.2) is 18.7 Å². The molecule has 0 amide bonds. The first kappa shape index (κ1) is 11.9. The Hall–Kier alpha value is -2.91. The highest BCUT2D eigenvalue weighted by atomic mass is 19.2. The molecule has 0 saturated carbocycles. The number of hydrogen-bond acceptors (Lipinski definition) is 4. The molecule has 0 saturated heterocycles. The average Bonchev–Trinajstić information content (AvgIpc) is 2.89. The average molecular weight is 309 g/mol. The third-order valence-electron chi connectivity index (χ3n) is 2.04. The molecule has 112 valence electrons. The maximum Gasteiger partial charge on any atom is 0.341 e. The Balaban J connectivity index is 0.000000341. The van der Waals surface area contributed by atoms with Gasteiger partial charge in [-0.2, -0.15) is 0 Å². The van der Waals surface area contributed by atoms with E-state index in [1.807, 2.05) is 0 Å². The molecule has 2 rings (SSSR count). The van der Waals surface area contributed by atoms with E-state index in [0.717, 1.165) is 9.95 Å². The summed E-state index contributed by atoms with van der Waals surface area (Å²) in [5, 5.41) is 13.4. The van der Waals surface area contributed by atoms with Crippen LogP contribution in [-0.4, -0.2) is 22.0 Å². The number of carboxylic acids is 2. The molecule has 0 spiro atoms. The van der Waals surface area contributed by atoms with Crippen molar-refractivity contribution in [1.29, 1.82) is 1.43 Å². The standard InChI is InChI=1S/C8H2F4O4.C3H4N2/c9-3-1(7(13)14)4(10)6(12)2(5(3)11)8(15)16;1-2-5-3-4-1/h(H,13,14)(H,15,16);1-3H,(H,4,5)/i/hD3. The van der Waals surface area contributed by atoms with Gasteiger partial charge in [0.15, 0.2) is 23.3 Å². The Kier molecular flexibility index (Phi) is 3.68. The van der Waals surface area contributed by atoms with Crippen molar-refractivity contribution in [2.24, 2.45) is 0 Å². The van der Waals surface area contributed by atoms with E-state index in [2.05, 4.69) is 5.11 Å². The maximum atomic E-state index is 13.0. The molecular weight excluding hydrogens is 300 g/mol. The van der Waals surface area contributed by atoms with Crippen LogP contribution < -0.4 is 10.1 Å². The maximum absolute atomic E-state index is 13.0. The molecule has 10 heteroatoms. The highest BCUT2D eigenvalue weighted by Crippen LogP contribution is 2.23. The van der Waals surface area contributed by atoms with E-state index in [1.165, 1.54) is 18.7 Å². The number of carbonyl (C=O) groups is 2. The Morgan fingerprint density at radius 3 is 2.05 bits per heavy atom. The zero-order valence-corrected chi connectivity index (χ0v) is 9.77. The predicted octanol–water partition coefficient (Wildman–Crippen LogP) is 0.134. The Morgan fingerprint density at radius 2 is 1.76 bits per heavy atom. The number of benzene rings is 1. The summed E-state index contributed by atoms with van der Waals surface area (Å²) in [5.74, 6) is -13.7. The van der Waals surface area contributed by atoms with Crippen molar-refractivity contribution in [2.45, 2.75) is 0 Å². The number of rotatable bonds is 2. The zero-order chi connectivity index (χ0) is 18.6. The van der Waals surface area contributed by atoms with E-state index in [-0.39, 0.29) is 0 Å². The molecule has 6 nitrogen and oxygen atoms in total.